The molecule has 11 amide bonds. The van der Waals surface area contributed by atoms with Gasteiger partial charge in [-0.3, -0.25) is 38.3 Å². The van der Waals surface area contributed by atoms with Crippen molar-refractivity contribution in [2.45, 2.75) is 167 Å². The summed E-state index contributed by atoms with van der Waals surface area (Å²) < 4.78 is 42.7. The second kappa shape index (κ2) is 35.9. The number of hydrogen-bond donors (Lipinski definition) is 13. The monoisotopic (exact) mass is 1540 g/mol. The van der Waals surface area contributed by atoms with Crippen LogP contribution in [0.15, 0.2) is 131 Å². The van der Waals surface area contributed by atoms with Gasteiger partial charge in [0.15, 0.2) is 0 Å². The third kappa shape index (κ3) is 20.2. The lowest BCUT2D eigenvalue weighted by Crippen LogP contribution is -2.59. The number of hydrogen-bond acceptors (Lipinski definition) is 18. The lowest BCUT2D eigenvalue weighted by Gasteiger charge is -2.37. The summed E-state index contributed by atoms with van der Waals surface area (Å²) in [7, 11) is -4.23. The number of imidazole rings is 1. The summed E-state index contributed by atoms with van der Waals surface area (Å²) in [6.45, 7) is 13.8. The number of likely N-dealkylation sites (tertiary alicyclic amines) is 1. The van der Waals surface area contributed by atoms with Gasteiger partial charge in [0.2, 0.25) is 35.1 Å². The number of cyclic esters (lactones) is 1. The van der Waals surface area contributed by atoms with Crippen molar-refractivity contribution in [2.75, 3.05) is 40.3 Å². The van der Waals surface area contributed by atoms with Crippen LogP contribution in [0, 0.1) is 17.8 Å². The van der Waals surface area contributed by atoms with E-state index in [2.05, 4.69) is 67.9 Å². The van der Waals surface area contributed by atoms with Crippen LogP contribution in [0.5, 0.6) is 0 Å². The van der Waals surface area contributed by atoms with Gasteiger partial charge in [0.05, 0.1) is 64.9 Å². The van der Waals surface area contributed by atoms with E-state index in [0.29, 0.717) is 42.0 Å². The number of aromatic amines is 1. The van der Waals surface area contributed by atoms with Crippen LogP contribution in [-0.4, -0.2) is 153 Å². The van der Waals surface area contributed by atoms with Crippen LogP contribution >= 0.6 is 0 Å². The largest absolute Gasteiger partial charge is 0.481 e. The Morgan fingerprint density at radius 2 is 1.41 bits per heavy atom. The van der Waals surface area contributed by atoms with Crippen molar-refractivity contribution in [1.82, 2.24) is 61.6 Å². The van der Waals surface area contributed by atoms with Crippen molar-refractivity contribution >= 4 is 109 Å². The molecule has 34 heteroatoms. The van der Waals surface area contributed by atoms with Gasteiger partial charge >= 0.3 is 36.0 Å². The molecule has 6 heterocycles. The third-order valence-corrected chi connectivity index (χ3v) is 20.4. The molecule has 588 valence electrons. The number of fused-ring (bicyclic) bond motifs is 5. The topological polar surface area (TPSA) is 460 Å². The highest BCUT2D eigenvalue weighted by atomic mass is 32.2. The second-order valence-electron chi connectivity index (χ2n) is 28.6. The molecule has 3 aromatic heterocycles. The van der Waals surface area contributed by atoms with Gasteiger partial charge in [-0.25, -0.2) is 42.4 Å². The molecule has 0 radical (unpaired) electrons. The number of benzene rings is 4. The smallest absolute Gasteiger partial charge is 0.355 e. The summed E-state index contributed by atoms with van der Waals surface area (Å²) in [5.41, 5.74) is 1.47. The molecule has 4 aromatic carbocycles. The second-order valence-corrected chi connectivity index (χ2v) is 30.3. The zero-order valence-electron chi connectivity index (χ0n) is 62.6. The Labute approximate surface area is 639 Å². The minimum Gasteiger partial charge on any atom is -0.481 e. The fraction of sp³-hybridized carbons (Fsp3) is 0.403. The first-order valence-corrected chi connectivity index (χ1v) is 38.2. The number of para-hydroxylation sites is 1. The molecule has 1 saturated heterocycles. The van der Waals surface area contributed by atoms with E-state index < -0.39 is 142 Å². The molecule has 0 spiro atoms. The predicted octanol–water partition coefficient (Wildman–Crippen LogP) is 6.77. The van der Waals surface area contributed by atoms with Gasteiger partial charge in [-0.05, 0) is 135 Å². The molecular formula is C77H92N16O17S. The van der Waals surface area contributed by atoms with Gasteiger partial charge in [0.1, 0.15) is 36.8 Å². The summed E-state index contributed by atoms with van der Waals surface area (Å²) in [6, 6.07) is 18.9. The Kier molecular flexibility index (Phi) is 26.3. The fourth-order valence-electron chi connectivity index (χ4n) is 13.4. The Hall–Kier alpha value is -12.2. The lowest BCUT2D eigenvalue weighted by molar-refractivity contribution is -0.191. The van der Waals surface area contributed by atoms with Crippen molar-refractivity contribution in [1.29, 1.82) is 0 Å². The van der Waals surface area contributed by atoms with E-state index >= 15 is 0 Å². The van der Waals surface area contributed by atoms with E-state index in [-0.39, 0.29) is 108 Å². The molecule has 1 fully saturated rings. The number of esters is 2. The van der Waals surface area contributed by atoms with Crippen LogP contribution in [0.1, 0.15) is 134 Å². The molecule has 10 rings (SSSR count). The number of sulfonamides is 1. The number of aliphatic carboxylic acids is 1. The summed E-state index contributed by atoms with van der Waals surface area (Å²) in [5.74, 6) is -8.10. The van der Waals surface area contributed by atoms with Crippen LogP contribution in [-0.2, 0) is 83.0 Å². The number of nitrogens with one attached hydrogen (secondary N) is 12. The molecule has 33 nitrogen and oxygen atoms in total. The SMILES string of the molecule is CCCNC(=O)Nc1cccc(S(=O)(=O)Nc2cccc(C(CC(=O)O)NC(=O)Nc3ccc(NC(=O)N4CCC[C@@H]4C(=O)N[C@@H](CC(C)C)C(=O)NCC(=O)N[C@H](CC(C)C)C(=O)N[C@H](Cc4c[nH]cn4)C(=O)N[C@@H](C(=O)O[C@@]4(CC)C(=O)OCc5c4cc4n(c5=O)Cc5cc6ccccc6nc5-4)C(C)C)cc3)c2)c1. The van der Waals surface area contributed by atoms with Gasteiger partial charge in [-0.1, -0.05) is 91.8 Å². The maximum absolute atomic E-state index is 14.7. The lowest BCUT2D eigenvalue weighted by atomic mass is 9.85. The summed E-state index contributed by atoms with van der Waals surface area (Å²) in [5, 5.41) is 37.4. The number of carbonyl (C=O) groups is 11. The molecule has 13 N–H and O–H groups in total. The Morgan fingerprint density at radius 1 is 0.721 bits per heavy atom. The molecular weight excluding hydrogens is 1450 g/mol. The Morgan fingerprint density at radius 3 is 2.09 bits per heavy atom. The third-order valence-electron chi connectivity index (χ3n) is 19.0. The molecule has 7 atom stereocenters. The van der Waals surface area contributed by atoms with Crippen LogP contribution in [0.25, 0.3) is 22.3 Å². The molecule has 0 saturated carbocycles. The van der Waals surface area contributed by atoms with Crippen molar-refractivity contribution < 1.29 is 75.7 Å². The number of carboxylic acid groups (broad SMARTS) is 1. The molecule has 3 aliphatic heterocycles. The highest BCUT2D eigenvalue weighted by molar-refractivity contribution is 7.92. The Balaban J connectivity index is 0.727. The number of rotatable bonds is 32. The van der Waals surface area contributed by atoms with Crippen LogP contribution in [0.3, 0.4) is 0 Å². The van der Waals surface area contributed by atoms with Crippen molar-refractivity contribution in [3.8, 4) is 11.4 Å². The standard InChI is InChI=1S/C77H92N16O17S/c1-9-27-79-74(104)83-50-18-14-20-53(33-50)111(107,108)91-51-19-13-17-46(32-51)57(36-64(95)96)89-75(105)82-48-23-25-49(26-24-48)84-76(106)92-28-15-22-61(92)70(100)88-58(29-42(3)4)67(97)80-38-63(94)85-59(30-43(5)6)68(98)87-60(34-52-37-78-41-81-52)69(99)90-65(44(7)8)72(102)110-77(10-2)55-35-62-66-47(31-45-16-11-12-21-56(45)86-66)39-93(62)71(101)54(55)40-109-73(77)103/h11-14,16-21,23-26,31-33,35,37,41-44,57-61,65,91H,9-10,15,22,27-30,34,36,38-40H2,1-8H3,(H,78,81)(H,80,97)(H,84,106)(H,85,94)(H,87,98)(H,88,100)(H,90,99)(H,95,96)(H2,79,83,104)(H2,82,89,105)/t57?,58-,59+,60+,61+,65+,77+/m0/s1. The molecule has 3 aliphatic rings. The number of ether oxygens (including phenoxy) is 2. The van der Waals surface area contributed by atoms with E-state index in [9.17, 15) is 71.1 Å². The average molecular weight is 1550 g/mol. The zero-order chi connectivity index (χ0) is 80.0. The van der Waals surface area contributed by atoms with E-state index in [1.165, 1.54) is 90.2 Å². The number of carboxylic acids is 1. The summed E-state index contributed by atoms with van der Waals surface area (Å²) in [6.07, 6.45) is 3.47. The van der Waals surface area contributed by atoms with Gasteiger partial charge in [-0.15, -0.1) is 0 Å². The quantitative estimate of drug-likeness (QED) is 0.0193. The number of aromatic nitrogens is 4. The first-order chi connectivity index (χ1) is 52.9. The van der Waals surface area contributed by atoms with Crippen molar-refractivity contribution in [3.05, 3.63) is 160 Å². The number of pyridine rings is 2. The highest BCUT2D eigenvalue weighted by Gasteiger charge is 2.52. The molecule has 111 heavy (non-hydrogen) atoms. The molecule has 7 aromatic rings. The molecule has 0 bridgehead atoms. The minimum atomic E-state index is -4.23. The van der Waals surface area contributed by atoms with Gasteiger partial charge in [0, 0.05) is 65.0 Å². The van der Waals surface area contributed by atoms with E-state index in [1.807, 2.05) is 51.1 Å². The maximum atomic E-state index is 14.7. The fourth-order valence-corrected chi connectivity index (χ4v) is 14.5. The highest BCUT2D eigenvalue weighted by Crippen LogP contribution is 2.42. The van der Waals surface area contributed by atoms with Gasteiger partial charge in [0.25, 0.3) is 15.6 Å². The van der Waals surface area contributed by atoms with Gasteiger partial charge in [-0.2, -0.15) is 0 Å². The predicted molar refractivity (Wildman–Crippen MR) is 409 cm³/mol. The number of carbonyl (C=O) groups excluding carboxylic acids is 10. The maximum Gasteiger partial charge on any atom is 0.355 e. The number of amides is 11. The number of anilines is 4. The first kappa shape index (κ1) is 81.3. The zero-order valence-corrected chi connectivity index (χ0v) is 63.4. The van der Waals surface area contributed by atoms with Crippen molar-refractivity contribution in [2.24, 2.45) is 17.8 Å². The van der Waals surface area contributed by atoms with E-state index in [0.717, 1.165) is 10.9 Å². The normalized spacial score (nSPS) is 16.3. The number of nitrogens with zero attached hydrogens (tertiary/aromatic N) is 4. The van der Waals surface area contributed by atoms with Crippen LogP contribution in [0.4, 0.5) is 37.1 Å². The van der Waals surface area contributed by atoms with Crippen LogP contribution < -0.4 is 63.4 Å². The Bertz CT molecular complexity index is 4860. The average Bonchev–Trinajstić information content (AvgIpc) is 1.65. The number of H-pyrrole nitrogens is 1. The first-order valence-electron chi connectivity index (χ1n) is 36.7. The van der Waals surface area contributed by atoms with Gasteiger partial charge < -0.3 is 82.2 Å². The van der Waals surface area contributed by atoms with E-state index in [4.69, 9.17) is 14.5 Å². The molecule has 0 aliphatic carbocycles. The number of urea groups is 3. The van der Waals surface area contributed by atoms with Crippen molar-refractivity contribution in [3.63, 3.8) is 0 Å². The van der Waals surface area contributed by atoms with Crippen LogP contribution in [0.2, 0.25) is 0 Å². The minimum absolute atomic E-state index is 0.0560. The van der Waals surface area contributed by atoms with E-state index in [1.54, 1.807) is 45.3 Å². The summed E-state index contributed by atoms with van der Waals surface area (Å²) in [4.78, 5) is 179. The molecule has 1 unspecified atom stereocenters. The summed E-state index contributed by atoms with van der Waals surface area (Å²) >= 11 is 0.